The van der Waals surface area contributed by atoms with Gasteiger partial charge in [0.1, 0.15) is 5.69 Å². The zero-order valence-corrected chi connectivity index (χ0v) is 8.96. The third-order valence-corrected chi connectivity index (χ3v) is 2.29. The third kappa shape index (κ3) is 2.64. The van der Waals surface area contributed by atoms with Crippen LogP contribution >= 0.6 is 15.9 Å². The van der Waals surface area contributed by atoms with Gasteiger partial charge in [0.05, 0.1) is 0 Å². The summed E-state index contributed by atoms with van der Waals surface area (Å²) in [5.41, 5.74) is -2.15. The SMILES string of the molecule is Cc1cc(Br)c(C(F)(F)F)nc1C(F)F. The van der Waals surface area contributed by atoms with Crippen LogP contribution in [0, 0.1) is 6.92 Å². The van der Waals surface area contributed by atoms with Crippen LogP contribution in [0.3, 0.4) is 0 Å². The molecule has 0 aromatic carbocycles. The molecule has 1 nitrogen and oxygen atoms in total. The van der Waals surface area contributed by atoms with Crippen molar-refractivity contribution in [3.63, 3.8) is 0 Å². The summed E-state index contributed by atoms with van der Waals surface area (Å²) < 4.78 is 61.1. The Morgan fingerprint density at radius 3 is 2.27 bits per heavy atom. The van der Waals surface area contributed by atoms with Crippen molar-refractivity contribution >= 4 is 15.9 Å². The van der Waals surface area contributed by atoms with Crippen molar-refractivity contribution in [1.82, 2.24) is 4.98 Å². The van der Waals surface area contributed by atoms with Crippen molar-refractivity contribution in [3.8, 4) is 0 Å². The topological polar surface area (TPSA) is 12.9 Å². The van der Waals surface area contributed by atoms with Crippen molar-refractivity contribution in [1.29, 1.82) is 0 Å². The molecule has 0 N–H and O–H groups in total. The normalized spacial score (nSPS) is 12.3. The van der Waals surface area contributed by atoms with Gasteiger partial charge in [0.2, 0.25) is 0 Å². The molecule has 1 heterocycles. The molecule has 0 bridgehead atoms. The second-order valence-corrected chi connectivity index (χ2v) is 3.67. The van der Waals surface area contributed by atoms with E-state index in [1.54, 1.807) is 0 Å². The van der Waals surface area contributed by atoms with Gasteiger partial charge < -0.3 is 0 Å². The molecular formula is C8H5BrF5N. The van der Waals surface area contributed by atoms with Gasteiger partial charge in [0.15, 0.2) is 5.69 Å². The van der Waals surface area contributed by atoms with E-state index in [1.165, 1.54) is 6.92 Å². The summed E-state index contributed by atoms with van der Waals surface area (Å²) in [6.07, 6.45) is -7.75. The molecule has 0 aliphatic rings. The molecule has 0 unspecified atom stereocenters. The summed E-state index contributed by atoms with van der Waals surface area (Å²) in [4.78, 5) is 2.92. The lowest BCUT2D eigenvalue weighted by Gasteiger charge is -2.11. The number of halogens is 6. The Morgan fingerprint density at radius 1 is 1.33 bits per heavy atom. The second kappa shape index (κ2) is 4.03. The number of aromatic nitrogens is 1. The Balaban J connectivity index is 3.37. The van der Waals surface area contributed by atoms with Gasteiger partial charge in [-0.05, 0) is 34.5 Å². The summed E-state index contributed by atoms with van der Waals surface area (Å²) in [5, 5.41) is 0. The molecule has 0 amide bonds. The van der Waals surface area contributed by atoms with Crippen LogP contribution in [0.5, 0.6) is 0 Å². The summed E-state index contributed by atoms with van der Waals surface area (Å²) in [5.74, 6) is 0. The van der Waals surface area contributed by atoms with E-state index in [0.717, 1.165) is 6.07 Å². The lowest BCUT2D eigenvalue weighted by Crippen LogP contribution is -2.12. The van der Waals surface area contributed by atoms with Crippen LogP contribution in [0.2, 0.25) is 0 Å². The van der Waals surface area contributed by atoms with E-state index in [-0.39, 0.29) is 10.0 Å². The smallest absolute Gasteiger partial charge is 0.241 e. The van der Waals surface area contributed by atoms with Gasteiger partial charge in [-0.15, -0.1) is 0 Å². The Hall–Kier alpha value is -0.720. The average molecular weight is 290 g/mol. The van der Waals surface area contributed by atoms with Crippen molar-refractivity contribution in [3.05, 3.63) is 27.5 Å². The molecule has 0 radical (unpaired) electrons. The predicted octanol–water partition coefficient (Wildman–Crippen LogP) is 4.11. The van der Waals surface area contributed by atoms with Crippen molar-refractivity contribution in [2.45, 2.75) is 19.5 Å². The fraction of sp³-hybridized carbons (Fsp3) is 0.375. The highest BCUT2D eigenvalue weighted by Crippen LogP contribution is 2.35. The van der Waals surface area contributed by atoms with Crippen LogP contribution in [0.1, 0.15) is 23.4 Å². The first-order valence-corrected chi connectivity index (χ1v) is 4.55. The molecule has 0 atom stereocenters. The highest BCUT2D eigenvalue weighted by Gasteiger charge is 2.36. The van der Waals surface area contributed by atoms with Crippen LogP contribution in [-0.4, -0.2) is 4.98 Å². The van der Waals surface area contributed by atoms with Crippen LogP contribution < -0.4 is 0 Å². The first kappa shape index (κ1) is 12.4. The second-order valence-electron chi connectivity index (χ2n) is 2.82. The molecule has 0 fully saturated rings. The highest BCUT2D eigenvalue weighted by atomic mass is 79.9. The molecule has 0 saturated heterocycles. The van der Waals surface area contributed by atoms with Gasteiger partial charge in [-0.1, -0.05) is 0 Å². The molecule has 0 aliphatic carbocycles. The average Bonchev–Trinajstić information content (AvgIpc) is 2.00. The van der Waals surface area contributed by atoms with E-state index in [0.29, 0.717) is 0 Å². The predicted molar refractivity (Wildman–Crippen MR) is 46.6 cm³/mol. The van der Waals surface area contributed by atoms with Gasteiger partial charge >= 0.3 is 6.18 Å². The van der Waals surface area contributed by atoms with E-state index in [2.05, 4.69) is 20.9 Å². The van der Waals surface area contributed by atoms with Crippen LogP contribution in [0.25, 0.3) is 0 Å². The number of rotatable bonds is 1. The van der Waals surface area contributed by atoms with E-state index in [1.807, 2.05) is 0 Å². The maximum Gasteiger partial charge on any atom is 0.434 e. The quantitative estimate of drug-likeness (QED) is 0.709. The lowest BCUT2D eigenvalue weighted by atomic mass is 10.2. The number of aryl methyl sites for hydroxylation is 1. The molecule has 0 aliphatic heterocycles. The van der Waals surface area contributed by atoms with Crippen LogP contribution in [0.15, 0.2) is 10.5 Å². The first-order valence-electron chi connectivity index (χ1n) is 3.76. The first-order chi connectivity index (χ1) is 6.73. The molecule has 0 saturated carbocycles. The summed E-state index contributed by atoms with van der Waals surface area (Å²) in [6.45, 7) is 1.28. The van der Waals surface area contributed by atoms with Gasteiger partial charge in [-0.2, -0.15) is 13.2 Å². The zero-order chi connectivity index (χ0) is 11.8. The Labute approximate surface area is 90.4 Å². The number of pyridine rings is 1. The number of hydrogen-bond acceptors (Lipinski definition) is 1. The zero-order valence-electron chi connectivity index (χ0n) is 7.37. The van der Waals surface area contributed by atoms with E-state index < -0.39 is 24.0 Å². The minimum Gasteiger partial charge on any atom is -0.241 e. The van der Waals surface area contributed by atoms with Gasteiger partial charge in [-0.25, -0.2) is 13.8 Å². The van der Waals surface area contributed by atoms with E-state index >= 15 is 0 Å². The summed E-state index contributed by atoms with van der Waals surface area (Å²) in [6, 6.07) is 0.983. The maximum atomic E-state index is 12.3. The molecule has 15 heavy (non-hydrogen) atoms. The Kier molecular flexibility index (Phi) is 3.32. The largest absolute Gasteiger partial charge is 0.434 e. The fourth-order valence-electron chi connectivity index (χ4n) is 1.01. The Morgan fingerprint density at radius 2 is 1.87 bits per heavy atom. The molecule has 1 aromatic heterocycles. The standard InChI is InChI=1S/C8H5BrF5N/c1-3-2-4(9)6(8(12,13)14)15-5(3)7(10)11/h2,7H,1H3. The van der Waals surface area contributed by atoms with Gasteiger partial charge in [0.25, 0.3) is 6.43 Å². The minimum atomic E-state index is -4.74. The van der Waals surface area contributed by atoms with Crippen molar-refractivity contribution < 1.29 is 22.0 Å². The number of alkyl halides is 5. The van der Waals surface area contributed by atoms with Crippen molar-refractivity contribution in [2.24, 2.45) is 0 Å². The summed E-state index contributed by atoms with van der Waals surface area (Å²) in [7, 11) is 0. The Bertz CT molecular complexity index is 374. The van der Waals surface area contributed by atoms with Gasteiger partial charge in [-0.3, -0.25) is 0 Å². The van der Waals surface area contributed by atoms with E-state index in [4.69, 9.17) is 0 Å². The highest BCUT2D eigenvalue weighted by molar-refractivity contribution is 9.10. The monoisotopic (exact) mass is 289 g/mol. The molecule has 0 spiro atoms. The minimum absolute atomic E-state index is 0.0184. The lowest BCUT2D eigenvalue weighted by molar-refractivity contribution is -0.142. The number of hydrogen-bond donors (Lipinski definition) is 0. The molecular weight excluding hydrogens is 285 g/mol. The van der Waals surface area contributed by atoms with Crippen LogP contribution in [0.4, 0.5) is 22.0 Å². The molecule has 1 aromatic rings. The van der Waals surface area contributed by atoms with Gasteiger partial charge in [0, 0.05) is 4.47 Å². The fourth-order valence-corrected chi connectivity index (χ4v) is 1.67. The molecule has 7 heteroatoms. The summed E-state index contributed by atoms with van der Waals surface area (Å²) >= 11 is 2.64. The third-order valence-electron chi connectivity index (χ3n) is 1.68. The molecule has 1 rings (SSSR count). The van der Waals surface area contributed by atoms with Crippen LogP contribution in [-0.2, 0) is 6.18 Å². The number of nitrogens with zero attached hydrogens (tertiary/aromatic N) is 1. The van der Waals surface area contributed by atoms with Crippen molar-refractivity contribution in [2.75, 3.05) is 0 Å². The molecule has 84 valence electrons. The van der Waals surface area contributed by atoms with E-state index in [9.17, 15) is 22.0 Å². The maximum absolute atomic E-state index is 12.3.